The smallest absolute Gasteiger partial charge is 0.229 e. The number of nitrogens with zero attached hydrogens (tertiary/aromatic N) is 3. The maximum absolute atomic E-state index is 12.2. The summed E-state index contributed by atoms with van der Waals surface area (Å²) in [4.78, 5) is 22.3. The highest BCUT2D eigenvalue weighted by molar-refractivity contribution is 6.04. The first-order chi connectivity index (χ1) is 9.09. The number of hydrogen-bond donors (Lipinski definition) is 1. The van der Waals surface area contributed by atoms with Gasteiger partial charge in [-0.2, -0.15) is 0 Å². The van der Waals surface area contributed by atoms with Gasteiger partial charge in [0.05, 0.1) is 0 Å². The van der Waals surface area contributed by atoms with Crippen molar-refractivity contribution in [3.05, 3.63) is 18.1 Å². The summed E-state index contributed by atoms with van der Waals surface area (Å²) in [6.45, 7) is 3.58. The lowest BCUT2D eigenvalue weighted by Crippen LogP contribution is -2.34. The van der Waals surface area contributed by atoms with Crippen molar-refractivity contribution in [1.82, 2.24) is 14.8 Å². The Kier molecular flexibility index (Phi) is 3.05. The van der Waals surface area contributed by atoms with Crippen LogP contribution in [0.15, 0.2) is 12.3 Å². The third-order valence-corrected chi connectivity index (χ3v) is 4.33. The summed E-state index contributed by atoms with van der Waals surface area (Å²) in [5.41, 5.74) is 0.196. The maximum Gasteiger partial charge on any atom is 0.229 e. The van der Waals surface area contributed by atoms with E-state index in [-0.39, 0.29) is 17.2 Å². The standard InChI is InChI=1S/C13H17BN4O/c1-9-15-5-2-11(16-9)17-12(19)10-8-13(10)3-6-18(14)7-4-13/h2,5,10H,3-4,6-8H2,1H3,(H,15,16,17,19). The molecule has 5 nitrogen and oxygen atoms in total. The topological polar surface area (TPSA) is 58.1 Å². The quantitative estimate of drug-likeness (QED) is 0.799. The summed E-state index contributed by atoms with van der Waals surface area (Å²) in [6.07, 6.45) is 4.68. The fourth-order valence-electron chi connectivity index (χ4n) is 2.98. The third kappa shape index (κ3) is 2.49. The van der Waals surface area contributed by atoms with Gasteiger partial charge in [0.1, 0.15) is 11.6 Å². The molecule has 6 heteroatoms. The van der Waals surface area contributed by atoms with E-state index in [1.54, 1.807) is 12.3 Å². The van der Waals surface area contributed by atoms with Gasteiger partial charge in [-0.05, 0) is 50.8 Å². The van der Waals surface area contributed by atoms with Gasteiger partial charge in [0, 0.05) is 12.1 Å². The Morgan fingerprint density at radius 3 is 2.95 bits per heavy atom. The molecule has 2 heterocycles. The van der Waals surface area contributed by atoms with Gasteiger partial charge in [-0.25, -0.2) is 9.97 Å². The van der Waals surface area contributed by atoms with Gasteiger partial charge in [0.15, 0.2) is 7.98 Å². The minimum atomic E-state index is 0.0866. The largest absolute Gasteiger partial charge is 0.353 e. The molecule has 1 saturated heterocycles. The summed E-state index contributed by atoms with van der Waals surface area (Å²) in [6, 6.07) is 1.72. The molecule has 0 bridgehead atoms. The van der Waals surface area contributed by atoms with Crippen molar-refractivity contribution in [3.8, 4) is 0 Å². The van der Waals surface area contributed by atoms with Crippen molar-refractivity contribution in [1.29, 1.82) is 0 Å². The number of hydrogen-bond acceptors (Lipinski definition) is 4. The fourth-order valence-corrected chi connectivity index (χ4v) is 2.98. The van der Waals surface area contributed by atoms with Crippen LogP contribution in [0, 0.1) is 18.3 Å². The van der Waals surface area contributed by atoms with Crippen LogP contribution in [0.4, 0.5) is 5.82 Å². The number of nitrogens with one attached hydrogen (secondary N) is 1. The lowest BCUT2D eigenvalue weighted by atomic mass is 9.89. The van der Waals surface area contributed by atoms with Crippen LogP contribution in [-0.4, -0.2) is 41.8 Å². The molecule has 3 rings (SSSR count). The molecule has 1 unspecified atom stereocenters. The van der Waals surface area contributed by atoms with E-state index in [2.05, 4.69) is 15.3 Å². The molecule has 98 valence electrons. The number of piperidine rings is 1. The summed E-state index contributed by atoms with van der Waals surface area (Å²) in [7, 11) is 5.76. The van der Waals surface area contributed by atoms with Crippen LogP contribution in [0.3, 0.4) is 0 Å². The summed E-state index contributed by atoms with van der Waals surface area (Å²) < 4.78 is 0. The molecule has 1 aliphatic carbocycles. The Morgan fingerprint density at radius 2 is 2.26 bits per heavy atom. The van der Waals surface area contributed by atoms with Crippen LogP contribution in [0.25, 0.3) is 0 Å². The fraction of sp³-hybridized carbons (Fsp3) is 0.615. The highest BCUT2D eigenvalue weighted by atomic mass is 16.2. The van der Waals surface area contributed by atoms with E-state index >= 15 is 0 Å². The normalized spacial score (nSPS) is 25.2. The first-order valence-electron chi connectivity index (χ1n) is 6.69. The van der Waals surface area contributed by atoms with E-state index in [0.717, 1.165) is 32.4 Å². The van der Waals surface area contributed by atoms with Crippen LogP contribution in [0.1, 0.15) is 25.1 Å². The Bertz CT molecular complexity index is 499. The third-order valence-electron chi connectivity index (χ3n) is 4.33. The lowest BCUT2D eigenvalue weighted by Gasteiger charge is -2.30. The van der Waals surface area contributed by atoms with Crippen molar-refractivity contribution >= 4 is 19.7 Å². The molecule has 19 heavy (non-hydrogen) atoms. The zero-order valence-corrected chi connectivity index (χ0v) is 11.1. The molecule has 0 aromatic carbocycles. The first-order valence-corrected chi connectivity index (χ1v) is 6.69. The van der Waals surface area contributed by atoms with Crippen molar-refractivity contribution in [3.63, 3.8) is 0 Å². The lowest BCUT2D eigenvalue weighted by molar-refractivity contribution is -0.118. The molecule has 1 atom stereocenters. The van der Waals surface area contributed by atoms with E-state index in [1.165, 1.54) is 0 Å². The van der Waals surface area contributed by atoms with Crippen LogP contribution in [0.5, 0.6) is 0 Å². The average Bonchev–Trinajstić information content (AvgIpc) is 3.08. The zero-order chi connectivity index (χ0) is 13.5. The van der Waals surface area contributed by atoms with E-state index in [1.807, 2.05) is 11.7 Å². The van der Waals surface area contributed by atoms with E-state index < -0.39 is 0 Å². The second kappa shape index (κ2) is 4.60. The molecule has 2 aliphatic rings. The van der Waals surface area contributed by atoms with Gasteiger partial charge < -0.3 is 10.1 Å². The molecule has 2 radical (unpaired) electrons. The summed E-state index contributed by atoms with van der Waals surface area (Å²) in [5.74, 6) is 1.47. The number of carbonyl (C=O) groups is 1. The Labute approximate surface area is 114 Å². The van der Waals surface area contributed by atoms with Crippen molar-refractivity contribution in [2.24, 2.45) is 11.3 Å². The number of aromatic nitrogens is 2. The van der Waals surface area contributed by atoms with Crippen molar-refractivity contribution < 1.29 is 4.79 Å². The number of anilines is 1. The van der Waals surface area contributed by atoms with Gasteiger partial charge in [0.25, 0.3) is 0 Å². The predicted molar refractivity (Wildman–Crippen MR) is 72.5 cm³/mol. The van der Waals surface area contributed by atoms with E-state index in [9.17, 15) is 4.79 Å². The van der Waals surface area contributed by atoms with Crippen LogP contribution in [-0.2, 0) is 4.79 Å². The molecule has 2 fully saturated rings. The summed E-state index contributed by atoms with van der Waals surface area (Å²) in [5, 5.41) is 2.89. The van der Waals surface area contributed by atoms with Crippen LogP contribution in [0.2, 0.25) is 0 Å². The minimum Gasteiger partial charge on any atom is -0.353 e. The Morgan fingerprint density at radius 1 is 1.53 bits per heavy atom. The molecular weight excluding hydrogens is 239 g/mol. The molecule has 1 aliphatic heterocycles. The van der Waals surface area contributed by atoms with E-state index in [0.29, 0.717) is 11.6 Å². The monoisotopic (exact) mass is 256 g/mol. The number of rotatable bonds is 2. The summed E-state index contributed by atoms with van der Waals surface area (Å²) >= 11 is 0. The number of carbonyl (C=O) groups excluding carboxylic acids is 1. The van der Waals surface area contributed by atoms with Gasteiger partial charge in [0.2, 0.25) is 5.91 Å². The molecule has 1 aromatic rings. The van der Waals surface area contributed by atoms with Gasteiger partial charge in [-0.3, -0.25) is 4.79 Å². The molecule has 1 aromatic heterocycles. The van der Waals surface area contributed by atoms with Crippen LogP contribution < -0.4 is 5.32 Å². The van der Waals surface area contributed by atoms with E-state index in [4.69, 9.17) is 7.98 Å². The molecule has 1 saturated carbocycles. The molecule has 1 amide bonds. The molecule has 1 N–H and O–H groups in total. The predicted octanol–water partition coefficient (Wildman–Crippen LogP) is 0.909. The van der Waals surface area contributed by atoms with Crippen molar-refractivity contribution in [2.75, 3.05) is 18.4 Å². The molecule has 1 spiro atoms. The zero-order valence-electron chi connectivity index (χ0n) is 11.1. The molecular formula is C13H17BN4O. The van der Waals surface area contributed by atoms with Crippen LogP contribution >= 0.6 is 0 Å². The second-order valence-corrected chi connectivity index (χ2v) is 5.63. The van der Waals surface area contributed by atoms with Crippen molar-refractivity contribution in [2.45, 2.75) is 26.2 Å². The number of amides is 1. The van der Waals surface area contributed by atoms with Gasteiger partial charge >= 0.3 is 0 Å². The highest BCUT2D eigenvalue weighted by Gasteiger charge is 2.58. The first kappa shape index (κ1) is 12.6. The SMILES string of the molecule is [B]N1CCC2(CC1)CC2C(=O)Nc1ccnc(C)n1. The van der Waals surface area contributed by atoms with Gasteiger partial charge in [-0.1, -0.05) is 0 Å². The Balaban J connectivity index is 1.61. The Hall–Kier alpha value is -1.43. The highest BCUT2D eigenvalue weighted by Crippen LogP contribution is 2.59. The maximum atomic E-state index is 12.2. The number of aryl methyl sites for hydroxylation is 1. The minimum absolute atomic E-state index is 0.0866. The van der Waals surface area contributed by atoms with Gasteiger partial charge in [-0.15, -0.1) is 0 Å². The second-order valence-electron chi connectivity index (χ2n) is 5.63. The average molecular weight is 256 g/mol.